The number of thiocarbonyl (C=S) groups is 1. The van der Waals surface area contributed by atoms with Crippen LogP contribution < -0.4 is 15.5 Å². The Morgan fingerprint density at radius 3 is 2.15 bits per heavy atom. The number of hydrogen-bond acceptors (Lipinski definition) is 3. The van der Waals surface area contributed by atoms with Crippen molar-refractivity contribution in [2.24, 2.45) is 5.10 Å². The monoisotopic (exact) mass is 439 g/mol. The number of rotatable bonds is 5. The number of aryl methyl sites for hydroxylation is 1. The van der Waals surface area contributed by atoms with E-state index < -0.39 is 0 Å². The average Bonchev–Trinajstić information content (AvgIpc) is 2.67. The van der Waals surface area contributed by atoms with Crippen molar-refractivity contribution in [3.63, 3.8) is 0 Å². The van der Waals surface area contributed by atoms with Crippen LogP contribution in [0.25, 0.3) is 0 Å². The number of nitrogens with one attached hydrogen (secondary N) is 2. The largest absolute Gasteiger partial charge is 0.457 e. The maximum absolute atomic E-state index is 5.79. The Balaban J connectivity index is 1.50. The summed E-state index contributed by atoms with van der Waals surface area (Å²) in [5.41, 5.74) is 5.86. The van der Waals surface area contributed by atoms with E-state index in [1.54, 1.807) is 6.21 Å². The van der Waals surface area contributed by atoms with E-state index in [2.05, 4.69) is 31.8 Å². The molecule has 3 aromatic carbocycles. The first-order chi connectivity index (χ1) is 13.1. The van der Waals surface area contributed by atoms with E-state index in [0.717, 1.165) is 27.2 Å². The topological polar surface area (TPSA) is 45.7 Å². The Hall–Kier alpha value is -2.70. The van der Waals surface area contributed by atoms with Gasteiger partial charge in [-0.15, -0.1) is 0 Å². The lowest BCUT2D eigenvalue weighted by Crippen LogP contribution is -2.23. The van der Waals surface area contributed by atoms with Crippen molar-refractivity contribution < 1.29 is 4.74 Å². The third kappa shape index (κ3) is 6.20. The van der Waals surface area contributed by atoms with Crippen LogP contribution in [0.4, 0.5) is 5.69 Å². The third-order valence-corrected chi connectivity index (χ3v) is 4.34. The lowest BCUT2D eigenvalue weighted by atomic mass is 10.2. The molecule has 4 nitrogen and oxygen atoms in total. The zero-order valence-electron chi connectivity index (χ0n) is 14.6. The molecule has 0 aliphatic carbocycles. The summed E-state index contributed by atoms with van der Waals surface area (Å²) in [5, 5.41) is 7.67. The summed E-state index contributed by atoms with van der Waals surface area (Å²) in [4.78, 5) is 0. The summed E-state index contributed by atoms with van der Waals surface area (Å²) >= 11 is 8.63. The Morgan fingerprint density at radius 2 is 1.52 bits per heavy atom. The zero-order valence-corrected chi connectivity index (χ0v) is 17.0. The van der Waals surface area contributed by atoms with Crippen LogP contribution in [-0.2, 0) is 0 Å². The molecule has 0 saturated heterocycles. The molecule has 3 aromatic rings. The number of ether oxygens (including phenoxy) is 1. The van der Waals surface area contributed by atoms with Crippen LogP contribution >= 0.6 is 28.1 Å². The van der Waals surface area contributed by atoms with Gasteiger partial charge in [0.15, 0.2) is 5.11 Å². The second-order valence-corrected chi connectivity index (χ2v) is 7.14. The first-order valence-corrected chi connectivity index (χ1v) is 9.49. The van der Waals surface area contributed by atoms with Crippen LogP contribution in [0.3, 0.4) is 0 Å². The highest BCUT2D eigenvalue weighted by Crippen LogP contribution is 2.23. The molecule has 0 aliphatic rings. The van der Waals surface area contributed by atoms with Crippen LogP contribution in [0.2, 0.25) is 0 Å². The summed E-state index contributed by atoms with van der Waals surface area (Å²) in [5.74, 6) is 1.55. The summed E-state index contributed by atoms with van der Waals surface area (Å²) in [7, 11) is 0. The molecule has 0 spiro atoms. The maximum atomic E-state index is 5.79. The molecule has 0 aromatic heterocycles. The highest BCUT2D eigenvalue weighted by Gasteiger charge is 1.98. The molecule has 0 heterocycles. The number of nitrogens with zero attached hydrogens (tertiary/aromatic N) is 1. The van der Waals surface area contributed by atoms with E-state index >= 15 is 0 Å². The summed E-state index contributed by atoms with van der Waals surface area (Å²) in [6.07, 6.45) is 1.70. The fourth-order valence-electron chi connectivity index (χ4n) is 2.22. The number of halogens is 1. The van der Waals surface area contributed by atoms with Crippen molar-refractivity contribution in [3.8, 4) is 11.5 Å². The van der Waals surface area contributed by atoms with Gasteiger partial charge in [0.2, 0.25) is 0 Å². The van der Waals surface area contributed by atoms with Gasteiger partial charge in [0.25, 0.3) is 0 Å². The minimum atomic E-state index is 0.435. The third-order valence-electron chi connectivity index (χ3n) is 3.62. The minimum absolute atomic E-state index is 0.435. The standard InChI is InChI=1S/C21H18BrN3OS/c1-15-2-8-18(9-3-15)24-21(27)25-23-14-16-4-10-19(11-5-16)26-20-12-6-17(22)7-13-20/h2-14H,1H3,(H2,24,25,27)/b23-14+. The van der Waals surface area contributed by atoms with Gasteiger partial charge >= 0.3 is 0 Å². The van der Waals surface area contributed by atoms with E-state index in [0.29, 0.717) is 5.11 Å². The lowest BCUT2D eigenvalue weighted by molar-refractivity contribution is 0.482. The molecule has 0 atom stereocenters. The molecule has 0 amide bonds. The van der Waals surface area contributed by atoms with E-state index in [1.165, 1.54) is 5.56 Å². The van der Waals surface area contributed by atoms with E-state index in [-0.39, 0.29) is 0 Å². The average molecular weight is 440 g/mol. The summed E-state index contributed by atoms with van der Waals surface area (Å²) < 4.78 is 6.81. The Labute approximate surface area is 172 Å². The van der Waals surface area contributed by atoms with Gasteiger partial charge in [-0.05, 0) is 85.4 Å². The Morgan fingerprint density at radius 1 is 0.926 bits per heavy atom. The zero-order chi connectivity index (χ0) is 19.1. The predicted molar refractivity (Wildman–Crippen MR) is 119 cm³/mol. The lowest BCUT2D eigenvalue weighted by Gasteiger charge is -2.07. The normalized spacial score (nSPS) is 10.6. The molecule has 0 aliphatic heterocycles. The molecule has 3 rings (SSSR count). The molecule has 136 valence electrons. The van der Waals surface area contributed by atoms with Crippen molar-refractivity contribution >= 4 is 45.2 Å². The highest BCUT2D eigenvalue weighted by atomic mass is 79.9. The number of hydrogen-bond donors (Lipinski definition) is 2. The van der Waals surface area contributed by atoms with Gasteiger partial charge in [-0.3, -0.25) is 5.43 Å². The first-order valence-electron chi connectivity index (χ1n) is 8.29. The van der Waals surface area contributed by atoms with Crippen molar-refractivity contribution in [2.75, 3.05) is 5.32 Å². The van der Waals surface area contributed by atoms with Gasteiger partial charge in [-0.2, -0.15) is 5.10 Å². The SMILES string of the molecule is Cc1ccc(NC(=S)N/N=C/c2ccc(Oc3ccc(Br)cc3)cc2)cc1. The second kappa shape index (κ2) is 9.30. The van der Waals surface area contributed by atoms with Gasteiger partial charge in [0, 0.05) is 10.2 Å². The van der Waals surface area contributed by atoms with Crippen LogP contribution in [-0.4, -0.2) is 11.3 Å². The van der Waals surface area contributed by atoms with Crippen LogP contribution in [0.15, 0.2) is 82.4 Å². The molecule has 6 heteroatoms. The smallest absolute Gasteiger partial charge is 0.191 e. The quantitative estimate of drug-likeness (QED) is 0.296. The first kappa shape index (κ1) is 19.1. The van der Waals surface area contributed by atoms with E-state index in [9.17, 15) is 0 Å². The Bertz CT molecular complexity index is 923. The number of benzene rings is 3. The minimum Gasteiger partial charge on any atom is -0.457 e. The van der Waals surface area contributed by atoms with Crippen LogP contribution in [0.5, 0.6) is 11.5 Å². The second-order valence-electron chi connectivity index (χ2n) is 5.82. The molecule has 0 bridgehead atoms. The van der Waals surface area contributed by atoms with Crippen molar-refractivity contribution in [3.05, 3.63) is 88.4 Å². The van der Waals surface area contributed by atoms with Crippen LogP contribution in [0, 0.1) is 6.92 Å². The number of anilines is 1. The molecule has 0 saturated carbocycles. The summed E-state index contributed by atoms with van der Waals surface area (Å²) in [6, 6.07) is 23.3. The van der Waals surface area contributed by atoms with Gasteiger partial charge in [0.05, 0.1) is 6.21 Å². The molecule has 27 heavy (non-hydrogen) atoms. The molecular weight excluding hydrogens is 422 g/mol. The number of hydrazone groups is 1. The Kier molecular flexibility index (Phi) is 6.57. The van der Waals surface area contributed by atoms with Crippen molar-refractivity contribution in [2.45, 2.75) is 6.92 Å². The van der Waals surface area contributed by atoms with E-state index in [1.807, 2.05) is 79.7 Å². The fourth-order valence-corrected chi connectivity index (χ4v) is 2.66. The molecule has 0 radical (unpaired) electrons. The molecule has 2 N–H and O–H groups in total. The van der Waals surface area contributed by atoms with E-state index in [4.69, 9.17) is 17.0 Å². The predicted octanol–water partition coefficient (Wildman–Crippen LogP) is 5.87. The summed E-state index contributed by atoms with van der Waals surface area (Å²) in [6.45, 7) is 2.04. The highest BCUT2D eigenvalue weighted by molar-refractivity contribution is 9.10. The van der Waals surface area contributed by atoms with Gasteiger partial charge in [-0.1, -0.05) is 33.6 Å². The molecular formula is C21H18BrN3OS. The maximum Gasteiger partial charge on any atom is 0.191 e. The molecule has 0 fully saturated rings. The van der Waals surface area contributed by atoms with Gasteiger partial charge < -0.3 is 10.1 Å². The van der Waals surface area contributed by atoms with Gasteiger partial charge in [0.1, 0.15) is 11.5 Å². The van der Waals surface area contributed by atoms with Crippen LogP contribution in [0.1, 0.15) is 11.1 Å². The molecule has 0 unspecified atom stereocenters. The van der Waals surface area contributed by atoms with Crippen molar-refractivity contribution in [1.29, 1.82) is 0 Å². The van der Waals surface area contributed by atoms with Crippen molar-refractivity contribution in [1.82, 2.24) is 5.43 Å². The van der Waals surface area contributed by atoms with Gasteiger partial charge in [-0.25, -0.2) is 0 Å². The fraction of sp³-hybridized carbons (Fsp3) is 0.0476.